The third-order valence-corrected chi connectivity index (χ3v) is 4.84. The number of hydrogen-bond acceptors (Lipinski definition) is 6. The highest BCUT2D eigenvalue weighted by atomic mass is 16.5. The smallest absolute Gasteiger partial charge is 0.165 e. The SMILES string of the molecule is CCC(O)c1cc(OC)c2c(c1)C(CO)C(c1ccc(O)c(OC)c1)O2. The summed E-state index contributed by atoms with van der Waals surface area (Å²) in [6.07, 6.45) is -0.487. The Labute approximate surface area is 152 Å². The Balaban J connectivity index is 2.06. The maximum atomic E-state index is 10.2. The molecular formula is C20H24O6. The molecule has 0 aliphatic carbocycles. The average molecular weight is 360 g/mol. The fourth-order valence-corrected chi connectivity index (χ4v) is 3.37. The average Bonchev–Trinajstić information content (AvgIpc) is 3.05. The lowest BCUT2D eigenvalue weighted by atomic mass is 9.89. The molecule has 3 N–H and O–H groups in total. The number of aromatic hydroxyl groups is 1. The van der Waals surface area contributed by atoms with Crippen LogP contribution < -0.4 is 14.2 Å². The van der Waals surface area contributed by atoms with Gasteiger partial charge in [0.25, 0.3) is 0 Å². The molecule has 140 valence electrons. The molecule has 0 saturated heterocycles. The molecule has 3 rings (SSSR count). The van der Waals surface area contributed by atoms with E-state index in [2.05, 4.69) is 0 Å². The molecule has 3 unspecified atom stereocenters. The number of benzene rings is 2. The summed E-state index contributed by atoms with van der Waals surface area (Å²) in [5.74, 6) is 1.15. The number of aliphatic hydroxyl groups is 2. The summed E-state index contributed by atoms with van der Waals surface area (Å²) in [5, 5.41) is 30.0. The summed E-state index contributed by atoms with van der Waals surface area (Å²) in [4.78, 5) is 0. The van der Waals surface area contributed by atoms with Crippen molar-refractivity contribution in [1.82, 2.24) is 0 Å². The molecule has 0 radical (unpaired) electrons. The van der Waals surface area contributed by atoms with E-state index in [1.807, 2.05) is 13.0 Å². The van der Waals surface area contributed by atoms with E-state index in [9.17, 15) is 15.3 Å². The first kappa shape index (κ1) is 18.4. The first-order valence-corrected chi connectivity index (χ1v) is 8.58. The first-order valence-electron chi connectivity index (χ1n) is 8.58. The van der Waals surface area contributed by atoms with Crippen LogP contribution in [0.3, 0.4) is 0 Å². The van der Waals surface area contributed by atoms with Crippen molar-refractivity contribution in [2.75, 3.05) is 20.8 Å². The summed E-state index contributed by atoms with van der Waals surface area (Å²) in [7, 11) is 3.03. The predicted molar refractivity (Wildman–Crippen MR) is 96.1 cm³/mol. The zero-order valence-electron chi connectivity index (χ0n) is 15.1. The summed E-state index contributed by atoms with van der Waals surface area (Å²) < 4.78 is 16.7. The minimum atomic E-state index is -0.610. The zero-order valence-corrected chi connectivity index (χ0v) is 15.1. The van der Waals surface area contributed by atoms with E-state index in [1.165, 1.54) is 7.11 Å². The standard InChI is InChI=1S/C20H24O6/c1-4-15(22)12-7-13-14(10-21)19(26-20(13)18(9-12)25-3)11-5-6-16(23)17(8-11)24-2/h5-9,14-15,19,21-23H,4,10H2,1-3H3. The van der Waals surface area contributed by atoms with Crippen molar-refractivity contribution < 1.29 is 29.5 Å². The molecule has 1 aliphatic rings. The van der Waals surface area contributed by atoms with Gasteiger partial charge in [-0.1, -0.05) is 13.0 Å². The van der Waals surface area contributed by atoms with Gasteiger partial charge in [0.15, 0.2) is 23.0 Å². The lowest BCUT2D eigenvalue weighted by molar-refractivity contribution is 0.157. The van der Waals surface area contributed by atoms with Gasteiger partial charge < -0.3 is 29.5 Å². The summed E-state index contributed by atoms with van der Waals surface area (Å²) in [5.41, 5.74) is 2.30. The molecule has 1 heterocycles. The highest BCUT2D eigenvalue weighted by molar-refractivity contribution is 5.56. The molecule has 0 spiro atoms. The van der Waals surface area contributed by atoms with Gasteiger partial charge in [-0.15, -0.1) is 0 Å². The van der Waals surface area contributed by atoms with Crippen molar-refractivity contribution in [2.24, 2.45) is 0 Å². The highest BCUT2D eigenvalue weighted by Gasteiger charge is 2.38. The molecule has 6 heteroatoms. The Hall–Kier alpha value is -2.44. The van der Waals surface area contributed by atoms with Crippen molar-refractivity contribution in [3.05, 3.63) is 47.0 Å². The van der Waals surface area contributed by atoms with Crippen LogP contribution in [0.1, 0.15) is 48.2 Å². The van der Waals surface area contributed by atoms with Gasteiger partial charge in [0.2, 0.25) is 0 Å². The largest absolute Gasteiger partial charge is 0.504 e. The molecule has 26 heavy (non-hydrogen) atoms. The van der Waals surface area contributed by atoms with Gasteiger partial charge in [-0.2, -0.15) is 0 Å². The Morgan fingerprint density at radius 3 is 2.46 bits per heavy atom. The second-order valence-electron chi connectivity index (χ2n) is 6.32. The molecule has 0 bridgehead atoms. The van der Waals surface area contributed by atoms with Crippen molar-refractivity contribution in [1.29, 1.82) is 0 Å². The van der Waals surface area contributed by atoms with Crippen LogP contribution in [0.15, 0.2) is 30.3 Å². The quantitative estimate of drug-likeness (QED) is 0.734. The Morgan fingerprint density at radius 2 is 1.85 bits per heavy atom. The normalized spacial score (nSPS) is 19.6. The molecule has 0 fully saturated rings. The number of ether oxygens (including phenoxy) is 3. The molecule has 0 aromatic heterocycles. The minimum Gasteiger partial charge on any atom is -0.504 e. The molecule has 3 atom stereocenters. The monoisotopic (exact) mass is 360 g/mol. The topological polar surface area (TPSA) is 88.4 Å². The number of methoxy groups -OCH3 is 2. The van der Waals surface area contributed by atoms with E-state index in [0.29, 0.717) is 23.7 Å². The van der Waals surface area contributed by atoms with Crippen LogP contribution in [0, 0.1) is 0 Å². The molecular weight excluding hydrogens is 336 g/mol. The summed E-state index contributed by atoms with van der Waals surface area (Å²) >= 11 is 0. The Morgan fingerprint density at radius 1 is 1.12 bits per heavy atom. The van der Waals surface area contributed by atoms with Gasteiger partial charge in [-0.25, -0.2) is 0 Å². The molecule has 2 aromatic carbocycles. The van der Waals surface area contributed by atoms with Gasteiger partial charge in [0, 0.05) is 5.56 Å². The number of aliphatic hydroxyl groups excluding tert-OH is 2. The highest BCUT2D eigenvalue weighted by Crippen LogP contribution is 2.51. The third kappa shape index (κ3) is 3.06. The molecule has 2 aromatic rings. The van der Waals surface area contributed by atoms with Crippen LogP contribution >= 0.6 is 0 Å². The zero-order chi connectivity index (χ0) is 18.8. The van der Waals surface area contributed by atoms with Crippen LogP contribution in [0.5, 0.6) is 23.0 Å². The van der Waals surface area contributed by atoms with E-state index >= 15 is 0 Å². The molecule has 0 saturated carbocycles. The number of phenols is 1. The van der Waals surface area contributed by atoms with E-state index in [-0.39, 0.29) is 18.3 Å². The summed E-state index contributed by atoms with van der Waals surface area (Å²) in [6.45, 7) is 1.77. The third-order valence-electron chi connectivity index (χ3n) is 4.84. The van der Waals surface area contributed by atoms with Crippen molar-refractivity contribution in [3.63, 3.8) is 0 Å². The van der Waals surface area contributed by atoms with Gasteiger partial charge >= 0.3 is 0 Å². The second kappa shape index (κ2) is 7.43. The molecule has 1 aliphatic heterocycles. The summed E-state index contributed by atoms with van der Waals surface area (Å²) in [6, 6.07) is 8.61. The van der Waals surface area contributed by atoms with Crippen LogP contribution in [-0.4, -0.2) is 36.1 Å². The van der Waals surface area contributed by atoms with Crippen LogP contribution in [0.25, 0.3) is 0 Å². The van der Waals surface area contributed by atoms with Crippen molar-refractivity contribution >= 4 is 0 Å². The number of fused-ring (bicyclic) bond motifs is 1. The number of hydrogen-bond donors (Lipinski definition) is 3. The van der Waals surface area contributed by atoms with Crippen LogP contribution in [-0.2, 0) is 0 Å². The maximum absolute atomic E-state index is 10.2. The second-order valence-corrected chi connectivity index (χ2v) is 6.32. The number of rotatable bonds is 6. The minimum absolute atomic E-state index is 0.0400. The van der Waals surface area contributed by atoms with E-state index in [4.69, 9.17) is 14.2 Å². The van der Waals surface area contributed by atoms with Gasteiger partial charge in [0.1, 0.15) is 6.10 Å². The molecule has 0 amide bonds. The first-order chi connectivity index (χ1) is 12.5. The fourth-order valence-electron chi connectivity index (χ4n) is 3.37. The maximum Gasteiger partial charge on any atom is 0.165 e. The van der Waals surface area contributed by atoms with Gasteiger partial charge in [0.05, 0.1) is 32.8 Å². The lowest BCUT2D eigenvalue weighted by Crippen LogP contribution is -2.13. The predicted octanol–water partition coefficient (Wildman–Crippen LogP) is 3.06. The van der Waals surface area contributed by atoms with Gasteiger partial charge in [-0.05, 0) is 41.8 Å². The van der Waals surface area contributed by atoms with E-state index < -0.39 is 12.2 Å². The van der Waals surface area contributed by atoms with Crippen molar-refractivity contribution in [3.8, 4) is 23.0 Å². The van der Waals surface area contributed by atoms with Crippen molar-refractivity contribution in [2.45, 2.75) is 31.5 Å². The van der Waals surface area contributed by atoms with E-state index in [0.717, 1.165) is 16.7 Å². The van der Waals surface area contributed by atoms with E-state index in [1.54, 1.807) is 31.4 Å². The van der Waals surface area contributed by atoms with Crippen LogP contribution in [0.4, 0.5) is 0 Å². The fraction of sp³-hybridized carbons (Fsp3) is 0.400. The molecule has 6 nitrogen and oxygen atoms in total. The number of phenolic OH excluding ortho intramolecular Hbond substituents is 1. The van der Waals surface area contributed by atoms with Gasteiger partial charge in [-0.3, -0.25) is 0 Å². The lowest BCUT2D eigenvalue weighted by Gasteiger charge is -2.18. The Bertz CT molecular complexity index is 788. The van der Waals surface area contributed by atoms with Crippen LogP contribution in [0.2, 0.25) is 0 Å². The Kier molecular flexibility index (Phi) is 5.25.